The third kappa shape index (κ3) is 9.99. The van der Waals surface area contributed by atoms with E-state index in [1.54, 1.807) is 0 Å². The second-order valence-corrected chi connectivity index (χ2v) is 5.46. The van der Waals surface area contributed by atoms with E-state index < -0.39 is 0 Å². The van der Waals surface area contributed by atoms with E-state index in [0.717, 1.165) is 19.6 Å². The molecule has 0 amide bonds. The number of ether oxygens (including phenoxy) is 1. The highest BCUT2D eigenvalue weighted by molar-refractivity contribution is 4.94. The van der Waals surface area contributed by atoms with Crippen LogP contribution in [0.15, 0.2) is 0 Å². The maximum atomic E-state index is 5.53. The molecule has 0 bridgehead atoms. The molecule has 0 aromatic heterocycles. The molecule has 1 fully saturated rings. The van der Waals surface area contributed by atoms with Crippen molar-refractivity contribution in [2.24, 2.45) is 0 Å². The molecule has 2 heteroatoms. The largest absolute Gasteiger partial charge is 0.380 e. The van der Waals surface area contributed by atoms with E-state index in [4.69, 9.17) is 4.74 Å². The van der Waals surface area contributed by atoms with Gasteiger partial charge in [-0.25, -0.2) is 0 Å². The summed E-state index contributed by atoms with van der Waals surface area (Å²) in [6.07, 6.45) is 11.8. The Morgan fingerprint density at radius 3 is 2.42 bits per heavy atom. The molecule has 0 saturated carbocycles. The molecule has 0 radical (unpaired) electrons. The number of likely N-dealkylation sites (tertiary alicyclic amines) is 1. The zero-order chi connectivity index (χ0) is 13.6. The zero-order valence-corrected chi connectivity index (χ0v) is 12.8. The lowest BCUT2D eigenvalue weighted by molar-refractivity contribution is 0.135. The summed E-state index contributed by atoms with van der Waals surface area (Å²) in [4.78, 5) is 2.64. The third-order valence-electron chi connectivity index (χ3n) is 3.76. The Kier molecular flexibility index (Phi) is 10.9. The lowest BCUT2D eigenvalue weighted by Crippen LogP contribution is -2.30. The van der Waals surface area contributed by atoms with Crippen LogP contribution in [0.4, 0.5) is 0 Å². The first kappa shape index (κ1) is 16.5. The molecule has 0 atom stereocenters. The number of nitrogens with zero attached hydrogens (tertiary/aromatic N) is 1. The van der Waals surface area contributed by atoms with Crippen LogP contribution < -0.4 is 0 Å². The Morgan fingerprint density at radius 2 is 1.63 bits per heavy atom. The first-order valence-electron chi connectivity index (χ1n) is 8.13. The average molecular weight is 265 g/mol. The van der Waals surface area contributed by atoms with E-state index in [0.29, 0.717) is 0 Å². The van der Waals surface area contributed by atoms with Gasteiger partial charge in [-0.1, -0.05) is 25.7 Å². The van der Waals surface area contributed by atoms with Crippen molar-refractivity contribution in [2.75, 3.05) is 32.8 Å². The summed E-state index contributed by atoms with van der Waals surface area (Å²) in [7, 11) is 0. The van der Waals surface area contributed by atoms with Crippen LogP contribution in [0.3, 0.4) is 0 Å². The van der Waals surface area contributed by atoms with Crippen LogP contribution in [-0.4, -0.2) is 37.7 Å². The monoisotopic (exact) mass is 265 g/mol. The Bertz CT molecular complexity index is 248. The van der Waals surface area contributed by atoms with E-state index in [1.165, 1.54) is 71.0 Å². The highest BCUT2D eigenvalue weighted by Crippen LogP contribution is 2.10. The van der Waals surface area contributed by atoms with Gasteiger partial charge in [0.05, 0.1) is 6.61 Å². The summed E-state index contributed by atoms with van der Waals surface area (Å²) in [6.45, 7) is 7.60. The first-order chi connectivity index (χ1) is 9.43. The Morgan fingerprint density at radius 1 is 0.895 bits per heavy atom. The summed E-state index contributed by atoms with van der Waals surface area (Å²) < 4.78 is 5.53. The maximum absolute atomic E-state index is 5.53. The van der Waals surface area contributed by atoms with Crippen molar-refractivity contribution in [2.45, 2.75) is 64.7 Å². The number of hydrogen-bond acceptors (Lipinski definition) is 2. The highest BCUT2D eigenvalue weighted by Gasteiger charge is 2.08. The molecule has 1 aliphatic rings. The Labute approximate surface area is 119 Å². The predicted molar refractivity (Wildman–Crippen MR) is 82.3 cm³/mol. The molecular formula is C17H31NO. The lowest BCUT2D eigenvalue weighted by atomic mass is 10.1. The highest BCUT2D eigenvalue weighted by atomic mass is 16.5. The Balaban J connectivity index is 1.74. The molecule has 1 saturated heterocycles. The molecule has 0 N–H and O–H groups in total. The second-order valence-electron chi connectivity index (χ2n) is 5.46. The summed E-state index contributed by atoms with van der Waals surface area (Å²) in [6, 6.07) is 0. The van der Waals surface area contributed by atoms with Crippen LogP contribution in [0.1, 0.15) is 64.7 Å². The van der Waals surface area contributed by atoms with Gasteiger partial charge in [-0.15, -0.1) is 11.8 Å². The molecule has 0 aliphatic carbocycles. The molecule has 0 unspecified atom stereocenters. The fourth-order valence-corrected chi connectivity index (χ4v) is 2.60. The van der Waals surface area contributed by atoms with E-state index in [2.05, 4.69) is 16.7 Å². The van der Waals surface area contributed by atoms with Gasteiger partial charge in [0.25, 0.3) is 0 Å². The molecule has 19 heavy (non-hydrogen) atoms. The van der Waals surface area contributed by atoms with Crippen molar-refractivity contribution in [3.63, 3.8) is 0 Å². The minimum Gasteiger partial charge on any atom is -0.380 e. The van der Waals surface area contributed by atoms with Crippen molar-refractivity contribution in [1.29, 1.82) is 0 Å². The van der Waals surface area contributed by atoms with E-state index >= 15 is 0 Å². The van der Waals surface area contributed by atoms with Crippen molar-refractivity contribution >= 4 is 0 Å². The normalized spacial score (nSPS) is 16.1. The SMILES string of the molecule is CC#CCCOCCCCCCCN1CCCCC1. The van der Waals surface area contributed by atoms with Crippen molar-refractivity contribution in [3.05, 3.63) is 0 Å². The van der Waals surface area contributed by atoms with Crippen LogP contribution >= 0.6 is 0 Å². The van der Waals surface area contributed by atoms with Gasteiger partial charge in [0.2, 0.25) is 0 Å². The lowest BCUT2D eigenvalue weighted by Gasteiger charge is -2.26. The zero-order valence-electron chi connectivity index (χ0n) is 12.8. The molecule has 0 aromatic rings. The molecule has 0 spiro atoms. The fourth-order valence-electron chi connectivity index (χ4n) is 2.60. The standard InChI is InChI=1S/C17H31NO/c1-2-3-11-16-19-17-12-6-4-5-8-13-18-14-9-7-10-15-18/h4-17H2,1H3. The summed E-state index contributed by atoms with van der Waals surface area (Å²) in [5.74, 6) is 5.90. The predicted octanol–water partition coefficient (Wildman–Crippen LogP) is 3.85. The molecule has 0 aromatic carbocycles. The maximum Gasteiger partial charge on any atom is 0.0575 e. The minimum absolute atomic E-state index is 0.801. The summed E-state index contributed by atoms with van der Waals surface area (Å²) >= 11 is 0. The summed E-state index contributed by atoms with van der Waals surface area (Å²) in [5.41, 5.74) is 0. The second kappa shape index (κ2) is 12.5. The number of rotatable bonds is 10. The van der Waals surface area contributed by atoms with E-state index in [9.17, 15) is 0 Å². The van der Waals surface area contributed by atoms with Gasteiger partial charge in [0.1, 0.15) is 0 Å². The van der Waals surface area contributed by atoms with Gasteiger partial charge in [-0.3, -0.25) is 0 Å². The van der Waals surface area contributed by atoms with Crippen molar-refractivity contribution in [3.8, 4) is 11.8 Å². The average Bonchev–Trinajstić information content (AvgIpc) is 2.46. The van der Waals surface area contributed by atoms with Crippen LogP contribution in [-0.2, 0) is 4.74 Å². The van der Waals surface area contributed by atoms with Gasteiger partial charge < -0.3 is 9.64 Å². The quantitative estimate of drug-likeness (QED) is 0.439. The van der Waals surface area contributed by atoms with Crippen LogP contribution in [0.2, 0.25) is 0 Å². The fraction of sp³-hybridized carbons (Fsp3) is 0.882. The van der Waals surface area contributed by atoms with Gasteiger partial charge >= 0.3 is 0 Å². The van der Waals surface area contributed by atoms with Crippen LogP contribution in [0, 0.1) is 11.8 Å². The Hall–Kier alpha value is -0.520. The topological polar surface area (TPSA) is 12.5 Å². The number of hydrogen-bond donors (Lipinski definition) is 0. The molecule has 2 nitrogen and oxygen atoms in total. The van der Waals surface area contributed by atoms with Crippen LogP contribution in [0.25, 0.3) is 0 Å². The molecule has 110 valence electrons. The van der Waals surface area contributed by atoms with Gasteiger partial charge in [-0.2, -0.15) is 0 Å². The van der Waals surface area contributed by atoms with E-state index in [1.807, 2.05) is 6.92 Å². The van der Waals surface area contributed by atoms with Crippen LogP contribution in [0.5, 0.6) is 0 Å². The minimum atomic E-state index is 0.801. The first-order valence-corrected chi connectivity index (χ1v) is 8.13. The molecular weight excluding hydrogens is 234 g/mol. The number of unbranched alkanes of at least 4 members (excludes halogenated alkanes) is 4. The molecule has 1 heterocycles. The van der Waals surface area contributed by atoms with Crippen molar-refractivity contribution < 1.29 is 4.74 Å². The van der Waals surface area contributed by atoms with E-state index in [-0.39, 0.29) is 0 Å². The number of piperidine rings is 1. The van der Waals surface area contributed by atoms with Crippen molar-refractivity contribution in [1.82, 2.24) is 4.90 Å². The van der Waals surface area contributed by atoms with Gasteiger partial charge in [-0.05, 0) is 52.2 Å². The van der Waals surface area contributed by atoms with Gasteiger partial charge in [0, 0.05) is 13.0 Å². The van der Waals surface area contributed by atoms with Gasteiger partial charge in [0.15, 0.2) is 0 Å². The smallest absolute Gasteiger partial charge is 0.0575 e. The third-order valence-corrected chi connectivity index (χ3v) is 3.76. The summed E-state index contributed by atoms with van der Waals surface area (Å²) in [5, 5.41) is 0. The molecule has 1 rings (SSSR count). The molecule has 1 aliphatic heterocycles.